The SMILES string of the molecule is CC(C)(C)c1cn(C(=O)O)nc1OCC(C)(CO[Si](c1ccccc1)(c1ccccc1)C(C)(C)C)C(F)(F)F. The summed E-state index contributed by atoms with van der Waals surface area (Å²) in [4.78, 5) is 11.5. The fourth-order valence-corrected chi connectivity index (χ4v) is 9.23. The van der Waals surface area contributed by atoms with Gasteiger partial charge in [-0.2, -0.15) is 17.9 Å². The van der Waals surface area contributed by atoms with Crippen LogP contribution < -0.4 is 15.1 Å². The van der Waals surface area contributed by atoms with Crippen molar-refractivity contribution in [3.8, 4) is 5.88 Å². The number of carboxylic acid groups (broad SMARTS) is 1. The molecule has 1 N–H and O–H groups in total. The van der Waals surface area contributed by atoms with Crippen molar-refractivity contribution >= 4 is 24.8 Å². The third kappa shape index (κ3) is 6.22. The fourth-order valence-electron chi connectivity index (χ4n) is 4.54. The molecule has 1 unspecified atom stereocenters. The van der Waals surface area contributed by atoms with Gasteiger partial charge in [0, 0.05) is 11.8 Å². The first kappa shape index (κ1) is 30.4. The van der Waals surface area contributed by atoms with Crippen LogP contribution in [0.3, 0.4) is 0 Å². The van der Waals surface area contributed by atoms with Gasteiger partial charge in [0.2, 0.25) is 5.88 Å². The summed E-state index contributed by atoms with van der Waals surface area (Å²) in [6.45, 7) is 11.0. The molecule has 0 aliphatic heterocycles. The molecule has 0 spiro atoms. The van der Waals surface area contributed by atoms with Crippen LogP contribution in [0.2, 0.25) is 5.04 Å². The molecule has 1 heterocycles. The van der Waals surface area contributed by atoms with Crippen LogP contribution in [-0.4, -0.2) is 48.7 Å². The van der Waals surface area contributed by atoms with Crippen molar-refractivity contribution in [2.45, 2.75) is 65.1 Å². The molecule has 3 aromatic rings. The number of hydrogen-bond acceptors (Lipinski definition) is 4. The minimum absolute atomic E-state index is 0.147. The minimum Gasteiger partial charge on any atom is -0.475 e. The zero-order valence-corrected chi connectivity index (χ0v) is 24.5. The molecule has 39 heavy (non-hydrogen) atoms. The highest BCUT2D eigenvalue weighted by Gasteiger charge is 2.56. The summed E-state index contributed by atoms with van der Waals surface area (Å²) in [7, 11) is -3.25. The highest BCUT2D eigenvalue weighted by atomic mass is 28.4. The zero-order chi connectivity index (χ0) is 29.3. The Bertz CT molecular complexity index is 1230. The van der Waals surface area contributed by atoms with Crippen LogP contribution in [0.5, 0.6) is 5.88 Å². The average molecular weight is 563 g/mol. The summed E-state index contributed by atoms with van der Waals surface area (Å²) in [5.41, 5.74) is -2.63. The van der Waals surface area contributed by atoms with Crippen LogP contribution in [0.25, 0.3) is 0 Å². The number of benzene rings is 2. The van der Waals surface area contributed by atoms with Gasteiger partial charge in [0.1, 0.15) is 12.0 Å². The number of aromatic nitrogens is 2. The fraction of sp³-hybridized carbons (Fsp3) is 0.448. The summed E-state index contributed by atoms with van der Waals surface area (Å²) < 4.78 is 57.0. The number of nitrogens with zero attached hydrogens (tertiary/aromatic N) is 2. The molecule has 0 saturated heterocycles. The van der Waals surface area contributed by atoms with Gasteiger partial charge in [0.15, 0.2) is 0 Å². The molecule has 0 aliphatic rings. The molecule has 0 saturated carbocycles. The monoisotopic (exact) mass is 562 g/mol. The Kier molecular flexibility index (Phi) is 8.43. The standard InChI is InChI=1S/C29H37F3N2O4Si/c1-26(2,3)23-18-34(25(35)36)33-24(23)37-19-28(7,29(30,31)32)20-38-39(27(4,5)6,21-14-10-8-11-15-21)22-16-12-9-13-17-22/h8-18H,19-20H2,1-7H3,(H,35,36). The largest absolute Gasteiger partial charge is 0.475 e. The highest BCUT2D eigenvalue weighted by molar-refractivity contribution is 6.99. The van der Waals surface area contributed by atoms with Crippen LogP contribution >= 0.6 is 0 Å². The van der Waals surface area contributed by atoms with Crippen LogP contribution in [0, 0.1) is 5.41 Å². The van der Waals surface area contributed by atoms with Gasteiger partial charge in [0.25, 0.3) is 8.32 Å². The van der Waals surface area contributed by atoms with Gasteiger partial charge < -0.3 is 14.3 Å². The highest BCUT2D eigenvalue weighted by Crippen LogP contribution is 2.43. The maximum Gasteiger partial charge on any atom is 0.432 e. The van der Waals surface area contributed by atoms with Gasteiger partial charge in [-0.25, -0.2) is 4.79 Å². The Morgan fingerprint density at radius 2 is 1.36 bits per heavy atom. The number of rotatable bonds is 8. The van der Waals surface area contributed by atoms with E-state index >= 15 is 0 Å². The third-order valence-electron chi connectivity index (χ3n) is 6.92. The second-order valence-corrected chi connectivity index (χ2v) is 16.4. The lowest BCUT2D eigenvalue weighted by molar-refractivity contribution is -0.235. The molecule has 0 amide bonds. The van der Waals surface area contributed by atoms with Crippen molar-refractivity contribution in [1.82, 2.24) is 9.78 Å². The van der Waals surface area contributed by atoms with E-state index in [9.17, 15) is 23.1 Å². The second-order valence-electron chi connectivity index (χ2n) is 12.1. The first-order valence-electron chi connectivity index (χ1n) is 12.7. The summed E-state index contributed by atoms with van der Waals surface area (Å²) >= 11 is 0. The number of alkyl halides is 3. The molecule has 0 aliphatic carbocycles. The van der Waals surface area contributed by atoms with Gasteiger partial charge in [-0.1, -0.05) is 102 Å². The molecule has 6 nitrogen and oxygen atoms in total. The van der Waals surface area contributed by atoms with Gasteiger partial charge in [-0.3, -0.25) is 0 Å². The molecular weight excluding hydrogens is 525 g/mol. The Morgan fingerprint density at radius 1 is 0.872 bits per heavy atom. The summed E-state index contributed by atoms with van der Waals surface area (Å²) in [6, 6.07) is 18.9. The maximum atomic E-state index is 14.7. The van der Waals surface area contributed by atoms with Crippen molar-refractivity contribution in [1.29, 1.82) is 0 Å². The van der Waals surface area contributed by atoms with Crippen molar-refractivity contribution in [2.75, 3.05) is 13.2 Å². The van der Waals surface area contributed by atoms with Crippen LogP contribution in [-0.2, 0) is 9.84 Å². The number of ether oxygens (including phenoxy) is 1. The van der Waals surface area contributed by atoms with Gasteiger partial charge in [0.05, 0.1) is 6.61 Å². The van der Waals surface area contributed by atoms with Crippen molar-refractivity contribution < 1.29 is 32.2 Å². The Hall–Kier alpha value is -3.11. The van der Waals surface area contributed by atoms with Crippen LogP contribution in [0.1, 0.15) is 54.0 Å². The zero-order valence-electron chi connectivity index (χ0n) is 23.5. The predicted molar refractivity (Wildman–Crippen MR) is 148 cm³/mol. The number of carbonyl (C=O) groups is 1. The third-order valence-corrected chi connectivity index (χ3v) is 11.9. The van der Waals surface area contributed by atoms with Crippen molar-refractivity contribution in [3.63, 3.8) is 0 Å². The van der Waals surface area contributed by atoms with E-state index < -0.39 is 49.7 Å². The number of halogens is 3. The van der Waals surface area contributed by atoms with E-state index in [1.54, 1.807) is 20.8 Å². The van der Waals surface area contributed by atoms with E-state index in [0.717, 1.165) is 17.3 Å². The molecule has 10 heteroatoms. The molecule has 3 rings (SSSR count). The quantitative estimate of drug-likeness (QED) is 0.330. The Morgan fingerprint density at radius 3 is 1.74 bits per heavy atom. The Labute approximate surface area is 228 Å². The molecule has 2 aromatic carbocycles. The molecule has 1 aromatic heterocycles. The number of hydrogen-bond donors (Lipinski definition) is 1. The molecule has 0 fully saturated rings. The van der Waals surface area contributed by atoms with Gasteiger partial charge in [-0.05, 0) is 27.8 Å². The summed E-state index contributed by atoms with van der Waals surface area (Å²) in [5.74, 6) is -0.147. The van der Waals surface area contributed by atoms with E-state index in [-0.39, 0.29) is 5.88 Å². The summed E-state index contributed by atoms with van der Waals surface area (Å²) in [6.07, 6.45) is -4.78. The van der Waals surface area contributed by atoms with E-state index in [2.05, 4.69) is 5.10 Å². The maximum absolute atomic E-state index is 14.7. The van der Waals surface area contributed by atoms with E-state index in [1.807, 2.05) is 81.4 Å². The van der Waals surface area contributed by atoms with Crippen LogP contribution in [0.15, 0.2) is 66.9 Å². The summed E-state index contributed by atoms with van der Waals surface area (Å²) in [5, 5.41) is 14.5. The minimum atomic E-state index is -4.68. The molecule has 1 atom stereocenters. The van der Waals surface area contributed by atoms with E-state index in [1.165, 1.54) is 6.20 Å². The lowest BCUT2D eigenvalue weighted by atomic mass is 9.89. The van der Waals surface area contributed by atoms with E-state index in [4.69, 9.17) is 9.16 Å². The topological polar surface area (TPSA) is 73.6 Å². The molecule has 0 bridgehead atoms. The van der Waals surface area contributed by atoms with Crippen molar-refractivity contribution in [2.24, 2.45) is 5.41 Å². The van der Waals surface area contributed by atoms with Crippen molar-refractivity contribution in [3.05, 3.63) is 72.4 Å². The lowest BCUT2D eigenvalue weighted by Gasteiger charge is -2.45. The average Bonchev–Trinajstić information content (AvgIpc) is 3.29. The molecular formula is C29H37F3N2O4Si. The first-order chi connectivity index (χ1) is 17.9. The lowest BCUT2D eigenvalue weighted by Crippen LogP contribution is -2.67. The predicted octanol–water partition coefficient (Wildman–Crippen LogP) is 6.23. The van der Waals surface area contributed by atoms with Crippen LogP contribution in [0.4, 0.5) is 18.0 Å². The smallest absolute Gasteiger partial charge is 0.432 e. The normalized spacial score (nSPS) is 14.6. The molecule has 0 radical (unpaired) electrons. The second kappa shape index (κ2) is 10.8. The Balaban J connectivity index is 2.04. The molecule has 212 valence electrons. The van der Waals surface area contributed by atoms with Gasteiger partial charge in [-0.15, -0.1) is 5.10 Å². The van der Waals surface area contributed by atoms with Gasteiger partial charge >= 0.3 is 12.3 Å². The first-order valence-corrected chi connectivity index (χ1v) is 14.6. The van der Waals surface area contributed by atoms with E-state index in [0.29, 0.717) is 10.2 Å².